The Morgan fingerprint density at radius 2 is 2.25 bits per heavy atom. The molecule has 0 aromatic carbocycles. The highest BCUT2D eigenvalue weighted by molar-refractivity contribution is 9.10. The molecule has 0 amide bonds. The van der Waals surface area contributed by atoms with E-state index in [4.69, 9.17) is 9.47 Å². The van der Waals surface area contributed by atoms with E-state index in [1.54, 1.807) is 20.4 Å². The smallest absolute Gasteiger partial charge is 0.143 e. The van der Waals surface area contributed by atoms with E-state index in [1.165, 1.54) is 0 Å². The van der Waals surface area contributed by atoms with Gasteiger partial charge in [0.25, 0.3) is 0 Å². The van der Waals surface area contributed by atoms with Gasteiger partial charge in [0.05, 0.1) is 13.7 Å². The zero-order chi connectivity index (χ0) is 8.97. The van der Waals surface area contributed by atoms with E-state index < -0.39 is 0 Å². The van der Waals surface area contributed by atoms with Crippen molar-refractivity contribution in [2.75, 3.05) is 14.2 Å². The summed E-state index contributed by atoms with van der Waals surface area (Å²) in [6.07, 6.45) is 1.72. The number of pyridine rings is 1. The number of hydrogen-bond donors (Lipinski definition) is 0. The highest BCUT2D eigenvalue weighted by atomic mass is 79.9. The molecule has 1 rings (SSSR count). The van der Waals surface area contributed by atoms with E-state index in [9.17, 15) is 0 Å². The summed E-state index contributed by atoms with van der Waals surface area (Å²) in [4.78, 5) is 4.14. The molecule has 1 heterocycles. The Morgan fingerprint density at radius 3 is 2.83 bits per heavy atom. The van der Waals surface area contributed by atoms with Crippen LogP contribution in [0.15, 0.2) is 16.7 Å². The summed E-state index contributed by atoms with van der Waals surface area (Å²) < 4.78 is 11.0. The average Bonchev–Trinajstić information content (AvgIpc) is 2.08. The fourth-order valence-corrected chi connectivity index (χ4v) is 1.18. The van der Waals surface area contributed by atoms with Crippen molar-refractivity contribution in [3.8, 4) is 5.75 Å². The molecule has 66 valence electrons. The molecule has 3 nitrogen and oxygen atoms in total. The average molecular weight is 232 g/mol. The van der Waals surface area contributed by atoms with Gasteiger partial charge in [-0.05, 0) is 22.0 Å². The lowest BCUT2D eigenvalue weighted by atomic mass is 10.3. The third kappa shape index (κ3) is 2.19. The third-order valence-electron chi connectivity index (χ3n) is 1.40. The van der Waals surface area contributed by atoms with Gasteiger partial charge in [0.15, 0.2) is 0 Å². The van der Waals surface area contributed by atoms with Crippen LogP contribution in [0.25, 0.3) is 0 Å². The number of halogens is 1. The number of methoxy groups -OCH3 is 2. The Hall–Kier alpha value is -0.610. The van der Waals surface area contributed by atoms with Crippen LogP contribution in [0.2, 0.25) is 0 Å². The highest BCUT2D eigenvalue weighted by Crippen LogP contribution is 2.21. The van der Waals surface area contributed by atoms with Crippen molar-refractivity contribution in [2.45, 2.75) is 6.61 Å². The van der Waals surface area contributed by atoms with Gasteiger partial charge in [-0.3, -0.25) is 4.98 Å². The normalized spacial score (nSPS) is 9.92. The molecule has 0 atom stereocenters. The zero-order valence-electron chi connectivity index (χ0n) is 7.00. The van der Waals surface area contributed by atoms with Crippen LogP contribution in [0.4, 0.5) is 0 Å². The minimum atomic E-state index is 0.469. The number of aromatic nitrogens is 1. The second-order valence-corrected chi connectivity index (χ2v) is 3.15. The van der Waals surface area contributed by atoms with Gasteiger partial charge in [0.2, 0.25) is 0 Å². The van der Waals surface area contributed by atoms with Crippen molar-refractivity contribution < 1.29 is 9.47 Å². The lowest BCUT2D eigenvalue weighted by Gasteiger charge is -2.06. The van der Waals surface area contributed by atoms with E-state index in [1.807, 2.05) is 6.07 Å². The van der Waals surface area contributed by atoms with Gasteiger partial charge in [-0.15, -0.1) is 0 Å². The summed E-state index contributed by atoms with van der Waals surface area (Å²) in [5.41, 5.74) is 0.809. The van der Waals surface area contributed by atoms with Crippen molar-refractivity contribution >= 4 is 15.9 Å². The van der Waals surface area contributed by atoms with Crippen LogP contribution in [0.3, 0.4) is 0 Å². The van der Waals surface area contributed by atoms with Gasteiger partial charge >= 0.3 is 0 Å². The van der Waals surface area contributed by atoms with E-state index in [0.29, 0.717) is 6.61 Å². The third-order valence-corrected chi connectivity index (χ3v) is 1.83. The van der Waals surface area contributed by atoms with Gasteiger partial charge in [-0.25, -0.2) is 0 Å². The Labute approximate surface area is 79.8 Å². The number of ether oxygens (including phenoxy) is 2. The minimum Gasteiger partial charge on any atom is -0.495 e. The second kappa shape index (κ2) is 4.42. The molecule has 12 heavy (non-hydrogen) atoms. The zero-order valence-corrected chi connectivity index (χ0v) is 8.59. The van der Waals surface area contributed by atoms with E-state index >= 15 is 0 Å². The molecule has 0 fully saturated rings. The number of hydrogen-bond acceptors (Lipinski definition) is 3. The molecule has 0 bridgehead atoms. The number of rotatable bonds is 3. The second-order valence-electron chi connectivity index (χ2n) is 2.24. The Balaban J connectivity index is 2.94. The van der Waals surface area contributed by atoms with Crippen LogP contribution in [-0.2, 0) is 11.3 Å². The number of nitrogens with zero attached hydrogens (tertiary/aromatic N) is 1. The first-order valence-electron chi connectivity index (χ1n) is 3.45. The van der Waals surface area contributed by atoms with E-state index in [0.717, 1.165) is 15.9 Å². The summed E-state index contributed by atoms with van der Waals surface area (Å²) in [6.45, 7) is 0.469. The minimum absolute atomic E-state index is 0.469. The molecule has 0 radical (unpaired) electrons. The van der Waals surface area contributed by atoms with Gasteiger partial charge in [0, 0.05) is 17.8 Å². The van der Waals surface area contributed by atoms with Crippen molar-refractivity contribution in [1.29, 1.82) is 0 Å². The molecule has 0 saturated heterocycles. The molecular weight excluding hydrogens is 222 g/mol. The topological polar surface area (TPSA) is 31.4 Å². The largest absolute Gasteiger partial charge is 0.495 e. The van der Waals surface area contributed by atoms with Crippen LogP contribution in [0.1, 0.15) is 5.69 Å². The van der Waals surface area contributed by atoms with E-state index in [2.05, 4.69) is 20.9 Å². The highest BCUT2D eigenvalue weighted by Gasteiger charge is 2.03. The lowest BCUT2D eigenvalue weighted by molar-refractivity contribution is 0.178. The summed E-state index contributed by atoms with van der Waals surface area (Å²) in [5.74, 6) is 0.742. The molecule has 0 saturated carbocycles. The molecule has 0 unspecified atom stereocenters. The SMILES string of the molecule is COCc1ncc(Br)cc1OC. The molecule has 0 N–H and O–H groups in total. The molecule has 0 aliphatic rings. The van der Waals surface area contributed by atoms with Crippen LogP contribution >= 0.6 is 15.9 Å². The first-order chi connectivity index (χ1) is 5.77. The van der Waals surface area contributed by atoms with Gasteiger partial charge < -0.3 is 9.47 Å². The summed E-state index contributed by atoms with van der Waals surface area (Å²) in [7, 11) is 3.24. The van der Waals surface area contributed by atoms with Crippen molar-refractivity contribution in [1.82, 2.24) is 4.98 Å². The van der Waals surface area contributed by atoms with E-state index in [-0.39, 0.29) is 0 Å². The molecule has 0 spiro atoms. The molecule has 0 aliphatic heterocycles. The molecule has 0 aliphatic carbocycles. The standard InChI is InChI=1S/C8H10BrNO2/c1-11-5-7-8(12-2)3-6(9)4-10-7/h3-4H,5H2,1-2H3. The van der Waals surface area contributed by atoms with Crippen LogP contribution in [0.5, 0.6) is 5.75 Å². The molecular formula is C8H10BrNO2. The Bertz CT molecular complexity index is 265. The summed E-state index contributed by atoms with van der Waals surface area (Å²) in [6, 6.07) is 1.86. The van der Waals surface area contributed by atoms with Gasteiger partial charge in [-0.1, -0.05) is 0 Å². The predicted molar refractivity (Wildman–Crippen MR) is 49.2 cm³/mol. The summed E-state index contributed by atoms with van der Waals surface area (Å²) in [5, 5.41) is 0. The maximum Gasteiger partial charge on any atom is 0.143 e. The van der Waals surface area contributed by atoms with Crippen molar-refractivity contribution in [3.05, 3.63) is 22.4 Å². The monoisotopic (exact) mass is 231 g/mol. The molecule has 1 aromatic rings. The van der Waals surface area contributed by atoms with Gasteiger partial charge in [-0.2, -0.15) is 0 Å². The van der Waals surface area contributed by atoms with Crippen molar-refractivity contribution in [2.24, 2.45) is 0 Å². The Kier molecular flexibility index (Phi) is 3.49. The van der Waals surface area contributed by atoms with Crippen molar-refractivity contribution in [3.63, 3.8) is 0 Å². The first-order valence-corrected chi connectivity index (χ1v) is 4.24. The fraction of sp³-hybridized carbons (Fsp3) is 0.375. The van der Waals surface area contributed by atoms with Crippen LogP contribution < -0.4 is 4.74 Å². The maximum atomic E-state index is 5.11. The predicted octanol–water partition coefficient (Wildman–Crippen LogP) is 2.00. The fourth-order valence-electron chi connectivity index (χ4n) is 0.871. The van der Waals surface area contributed by atoms with Crippen LogP contribution in [-0.4, -0.2) is 19.2 Å². The maximum absolute atomic E-state index is 5.11. The quantitative estimate of drug-likeness (QED) is 0.798. The van der Waals surface area contributed by atoms with Crippen LogP contribution in [0, 0.1) is 0 Å². The Morgan fingerprint density at radius 1 is 1.50 bits per heavy atom. The lowest BCUT2D eigenvalue weighted by Crippen LogP contribution is -1.96. The molecule has 1 aromatic heterocycles. The molecule has 4 heteroatoms. The summed E-state index contributed by atoms with van der Waals surface area (Å²) >= 11 is 3.30. The van der Waals surface area contributed by atoms with Gasteiger partial charge in [0.1, 0.15) is 11.4 Å². The first kappa shape index (κ1) is 9.48.